The number of carbonyl (C=O) groups is 2. The normalized spacial score (nSPS) is 31.4. The fraction of sp³-hybridized carbons (Fsp3) is 0.652. The van der Waals surface area contributed by atoms with Gasteiger partial charge in [-0.2, -0.15) is 11.8 Å². The van der Waals surface area contributed by atoms with Gasteiger partial charge in [0, 0.05) is 12.1 Å². The zero-order valence-electron chi connectivity index (χ0n) is 16.8. The molecule has 1 aromatic carbocycles. The van der Waals surface area contributed by atoms with Crippen molar-refractivity contribution < 1.29 is 9.59 Å². The Morgan fingerprint density at radius 1 is 1.07 bits per heavy atom. The van der Waals surface area contributed by atoms with E-state index in [1.807, 2.05) is 24.5 Å². The van der Waals surface area contributed by atoms with Crippen LogP contribution in [0, 0.1) is 23.2 Å². The Morgan fingerprint density at radius 3 is 2.25 bits per heavy atom. The number of hydrogen-bond acceptors (Lipinski definition) is 3. The molecule has 4 aliphatic rings. The fourth-order valence-corrected chi connectivity index (χ4v) is 6.71. The average Bonchev–Trinajstić information content (AvgIpc) is 2.69. The van der Waals surface area contributed by atoms with Crippen LogP contribution in [0.15, 0.2) is 30.3 Å². The van der Waals surface area contributed by atoms with Crippen LogP contribution in [0.3, 0.4) is 0 Å². The predicted octanol–water partition coefficient (Wildman–Crippen LogP) is 3.87. The van der Waals surface area contributed by atoms with Crippen LogP contribution in [0.25, 0.3) is 0 Å². The summed E-state index contributed by atoms with van der Waals surface area (Å²) < 4.78 is 0. The van der Waals surface area contributed by atoms with Gasteiger partial charge in [-0.05, 0) is 92.3 Å². The molecular weight excluding hydrogens is 368 g/mol. The Balaban J connectivity index is 1.36. The zero-order valence-corrected chi connectivity index (χ0v) is 17.6. The topological polar surface area (TPSA) is 58.2 Å². The maximum absolute atomic E-state index is 13.0. The molecule has 0 spiro atoms. The first-order valence-corrected chi connectivity index (χ1v) is 12.1. The van der Waals surface area contributed by atoms with Gasteiger partial charge in [-0.3, -0.25) is 9.59 Å². The van der Waals surface area contributed by atoms with E-state index >= 15 is 0 Å². The van der Waals surface area contributed by atoms with Crippen molar-refractivity contribution in [3.8, 4) is 0 Å². The Morgan fingerprint density at radius 2 is 1.68 bits per heavy atom. The summed E-state index contributed by atoms with van der Waals surface area (Å²) in [5.74, 6) is 3.31. The van der Waals surface area contributed by atoms with Crippen molar-refractivity contribution in [1.82, 2.24) is 10.6 Å². The number of nitrogens with one attached hydrogen (secondary N) is 2. The molecule has 2 N–H and O–H groups in total. The number of benzene rings is 1. The molecule has 4 nitrogen and oxygen atoms in total. The molecule has 152 valence electrons. The van der Waals surface area contributed by atoms with Crippen molar-refractivity contribution in [2.45, 2.75) is 51.0 Å². The molecule has 0 radical (unpaired) electrons. The molecule has 1 unspecified atom stereocenters. The molecule has 1 aromatic rings. The van der Waals surface area contributed by atoms with Crippen LogP contribution >= 0.6 is 11.8 Å². The van der Waals surface area contributed by atoms with Gasteiger partial charge in [0.2, 0.25) is 5.91 Å². The Hall–Kier alpha value is -1.49. The highest BCUT2D eigenvalue weighted by atomic mass is 32.2. The summed E-state index contributed by atoms with van der Waals surface area (Å²) in [5, 5.41) is 6.20. The average molecular weight is 401 g/mol. The van der Waals surface area contributed by atoms with Gasteiger partial charge in [0.15, 0.2) is 0 Å². The Bertz CT molecular complexity index is 671. The zero-order chi connectivity index (χ0) is 19.6. The van der Waals surface area contributed by atoms with E-state index in [4.69, 9.17) is 0 Å². The van der Waals surface area contributed by atoms with Crippen molar-refractivity contribution in [3.05, 3.63) is 35.9 Å². The molecule has 0 aromatic heterocycles. The van der Waals surface area contributed by atoms with Crippen LogP contribution in [-0.4, -0.2) is 36.4 Å². The van der Waals surface area contributed by atoms with E-state index in [0.29, 0.717) is 17.4 Å². The van der Waals surface area contributed by atoms with Gasteiger partial charge in [-0.1, -0.05) is 18.2 Å². The fourth-order valence-electron chi connectivity index (χ4n) is 6.24. The Kier molecular flexibility index (Phi) is 6.00. The van der Waals surface area contributed by atoms with Gasteiger partial charge in [0.25, 0.3) is 5.91 Å². The van der Waals surface area contributed by atoms with Crippen molar-refractivity contribution in [2.24, 2.45) is 23.2 Å². The molecule has 5 heteroatoms. The molecule has 0 heterocycles. The third-order valence-corrected chi connectivity index (χ3v) is 7.72. The van der Waals surface area contributed by atoms with E-state index < -0.39 is 6.04 Å². The molecule has 0 saturated heterocycles. The van der Waals surface area contributed by atoms with E-state index in [0.717, 1.165) is 30.1 Å². The quantitative estimate of drug-likeness (QED) is 0.696. The lowest BCUT2D eigenvalue weighted by Crippen LogP contribution is -2.54. The third-order valence-electron chi connectivity index (χ3n) is 7.07. The van der Waals surface area contributed by atoms with E-state index in [9.17, 15) is 9.59 Å². The summed E-state index contributed by atoms with van der Waals surface area (Å²) in [6.07, 6.45) is 10.8. The molecule has 28 heavy (non-hydrogen) atoms. The molecular formula is C23H32N2O2S. The monoisotopic (exact) mass is 400 g/mol. The highest BCUT2D eigenvalue weighted by molar-refractivity contribution is 7.98. The van der Waals surface area contributed by atoms with Gasteiger partial charge in [0.1, 0.15) is 6.04 Å². The standard InChI is InChI=1S/C23H32N2O2S/c1-28-8-7-20(25-21(26)19-5-3-2-4-6-19)22(27)24-15-23-12-16-9-17(13-23)11-18(10-16)14-23/h2-6,16-18,20H,7-15H2,1H3,(H,24,27)(H,25,26). The first-order valence-electron chi connectivity index (χ1n) is 10.7. The third kappa shape index (κ3) is 4.40. The summed E-state index contributed by atoms with van der Waals surface area (Å²) in [6.45, 7) is 0.784. The molecule has 0 aliphatic heterocycles. The van der Waals surface area contributed by atoms with Gasteiger partial charge in [-0.15, -0.1) is 0 Å². The van der Waals surface area contributed by atoms with Gasteiger partial charge in [0.05, 0.1) is 0 Å². The van der Waals surface area contributed by atoms with Crippen molar-refractivity contribution in [3.63, 3.8) is 0 Å². The highest BCUT2D eigenvalue weighted by Crippen LogP contribution is 2.59. The second kappa shape index (κ2) is 8.48. The van der Waals surface area contributed by atoms with E-state index in [2.05, 4.69) is 10.6 Å². The Labute approximate surface area is 172 Å². The predicted molar refractivity (Wildman–Crippen MR) is 114 cm³/mol. The maximum Gasteiger partial charge on any atom is 0.251 e. The van der Waals surface area contributed by atoms with Crippen molar-refractivity contribution >= 4 is 23.6 Å². The minimum atomic E-state index is -0.464. The second-order valence-electron chi connectivity index (χ2n) is 9.31. The number of amides is 2. The number of thioether (sulfide) groups is 1. The van der Waals surface area contributed by atoms with Crippen molar-refractivity contribution in [2.75, 3.05) is 18.6 Å². The lowest BCUT2D eigenvalue weighted by molar-refractivity contribution is -0.125. The molecule has 5 rings (SSSR count). The minimum absolute atomic E-state index is 0.0194. The van der Waals surface area contributed by atoms with Crippen LogP contribution in [0.2, 0.25) is 0 Å². The molecule has 4 fully saturated rings. The summed E-state index contributed by atoms with van der Waals surface area (Å²) in [7, 11) is 0. The van der Waals surface area contributed by atoms with E-state index in [1.165, 1.54) is 38.5 Å². The first kappa shape index (κ1) is 19.8. The molecule has 4 saturated carbocycles. The summed E-state index contributed by atoms with van der Waals surface area (Å²) in [6, 6.07) is 8.69. The van der Waals surface area contributed by atoms with Crippen LogP contribution in [0.1, 0.15) is 55.3 Å². The second-order valence-corrected chi connectivity index (χ2v) is 10.3. The van der Waals surface area contributed by atoms with Gasteiger partial charge >= 0.3 is 0 Å². The lowest BCUT2D eigenvalue weighted by atomic mass is 9.49. The summed E-state index contributed by atoms with van der Waals surface area (Å²) >= 11 is 1.70. The largest absolute Gasteiger partial charge is 0.354 e. The molecule has 1 atom stereocenters. The van der Waals surface area contributed by atoms with Crippen LogP contribution in [0.5, 0.6) is 0 Å². The van der Waals surface area contributed by atoms with Gasteiger partial charge < -0.3 is 10.6 Å². The van der Waals surface area contributed by atoms with Crippen LogP contribution in [0.4, 0.5) is 0 Å². The minimum Gasteiger partial charge on any atom is -0.354 e. The maximum atomic E-state index is 13.0. The summed E-state index contributed by atoms with van der Waals surface area (Å²) in [4.78, 5) is 25.5. The molecule has 2 amide bonds. The number of hydrogen-bond donors (Lipinski definition) is 2. The number of rotatable bonds is 8. The highest BCUT2D eigenvalue weighted by Gasteiger charge is 2.50. The van der Waals surface area contributed by atoms with Crippen LogP contribution < -0.4 is 10.6 Å². The smallest absolute Gasteiger partial charge is 0.251 e. The van der Waals surface area contributed by atoms with Crippen LogP contribution in [-0.2, 0) is 4.79 Å². The number of carbonyl (C=O) groups excluding carboxylic acids is 2. The van der Waals surface area contributed by atoms with E-state index in [-0.39, 0.29) is 11.8 Å². The first-order chi connectivity index (χ1) is 13.6. The molecule has 4 bridgehead atoms. The van der Waals surface area contributed by atoms with Gasteiger partial charge in [-0.25, -0.2) is 0 Å². The lowest BCUT2D eigenvalue weighted by Gasteiger charge is -2.57. The molecule has 4 aliphatic carbocycles. The summed E-state index contributed by atoms with van der Waals surface area (Å²) in [5.41, 5.74) is 0.920. The SMILES string of the molecule is CSCCC(NC(=O)c1ccccc1)C(=O)NCC12CC3CC(CC(C3)C1)C2. The van der Waals surface area contributed by atoms with E-state index in [1.54, 1.807) is 23.9 Å². The van der Waals surface area contributed by atoms with Crippen molar-refractivity contribution in [1.29, 1.82) is 0 Å².